The molecule has 0 aromatic heterocycles. The van der Waals surface area contributed by atoms with E-state index in [1.165, 1.54) is 28.1 Å². The summed E-state index contributed by atoms with van der Waals surface area (Å²) in [6.07, 6.45) is 1.70. The number of amides is 2. The smallest absolute Gasteiger partial charge is 0.317 e. The quantitative estimate of drug-likeness (QED) is 0.783. The van der Waals surface area contributed by atoms with Crippen LogP contribution < -0.4 is 5.32 Å². The lowest BCUT2D eigenvalue weighted by Crippen LogP contribution is -2.54. The average Bonchev–Trinajstić information content (AvgIpc) is 2.73. The second-order valence-electron chi connectivity index (χ2n) is 7.22. The first-order valence-corrected chi connectivity index (χ1v) is 11.2. The number of nitrogens with one attached hydrogen (secondary N) is 1. The summed E-state index contributed by atoms with van der Waals surface area (Å²) >= 11 is 0. The Morgan fingerprint density at radius 3 is 2.41 bits per heavy atom. The summed E-state index contributed by atoms with van der Waals surface area (Å²) in [6, 6.07) is 14.9. The number of carbonyl (C=O) groups is 1. The van der Waals surface area contributed by atoms with Gasteiger partial charge in [0, 0.05) is 32.2 Å². The SMILES string of the molecule is CC(CCc1ccccc1)NC(=O)N1CCN(S(=O)(=O)c2cccc(F)c2)CC1. The second-order valence-corrected chi connectivity index (χ2v) is 9.16. The van der Waals surface area contributed by atoms with Crippen molar-refractivity contribution >= 4 is 16.1 Å². The number of aryl methyl sites for hydroxylation is 1. The van der Waals surface area contributed by atoms with E-state index < -0.39 is 15.8 Å². The average molecular weight is 420 g/mol. The fraction of sp³-hybridized carbons (Fsp3) is 0.381. The number of sulfonamides is 1. The Balaban J connectivity index is 1.49. The van der Waals surface area contributed by atoms with E-state index in [2.05, 4.69) is 17.4 Å². The summed E-state index contributed by atoms with van der Waals surface area (Å²) in [5.41, 5.74) is 1.23. The van der Waals surface area contributed by atoms with Crippen molar-refractivity contribution in [3.63, 3.8) is 0 Å². The van der Waals surface area contributed by atoms with Gasteiger partial charge in [-0.25, -0.2) is 17.6 Å². The van der Waals surface area contributed by atoms with Crippen LogP contribution in [0.1, 0.15) is 18.9 Å². The van der Waals surface area contributed by atoms with Crippen LogP contribution in [-0.4, -0.2) is 55.9 Å². The third-order valence-electron chi connectivity index (χ3n) is 5.04. The van der Waals surface area contributed by atoms with Crippen LogP contribution >= 0.6 is 0 Å². The van der Waals surface area contributed by atoms with E-state index in [-0.39, 0.29) is 30.1 Å². The van der Waals surface area contributed by atoms with E-state index in [9.17, 15) is 17.6 Å². The molecule has 3 rings (SSSR count). The zero-order valence-electron chi connectivity index (χ0n) is 16.4. The molecule has 0 aliphatic carbocycles. The Bertz CT molecular complexity index is 929. The number of halogens is 1. The van der Waals surface area contributed by atoms with Crippen molar-refractivity contribution in [3.8, 4) is 0 Å². The number of carbonyl (C=O) groups excluding carboxylic acids is 1. The molecule has 1 aliphatic heterocycles. The molecule has 1 heterocycles. The predicted molar refractivity (Wildman–Crippen MR) is 109 cm³/mol. The molecule has 1 saturated heterocycles. The van der Waals surface area contributed by atoms with Crippen molar-refractivity contribution in [2.75, 3.05) is 26.2 Å². The maximum atomic E-state index is 13.4. The number of nitrogens with zero attached hydrogens (tertiary/aromatic N) is 2. The number of hydrogen-bond donors (Lipinski definition) is 1. The van der Waals surface area contributed by atoms with Crippen LogP contribution in [0.3, 0.4) is 0 Å². The molecule has 29 heavy (non-hydrogen) atoms. The van der Waals surface area contributed by atoms with E-state index in [0.29, 0.717) is 13.1 Å². The van der Waals surface area contributed by atoms with Crippen molar-refractivity contribution in [2.45, 2.75) is 30.7 Å². The van der Waals surface area contributed by atoms with Crippen LogP contribution in [0.2, 0.25) is 0 Å². The minimum atomic E-state index is -3.76. The maximum Gasteiger partial charge on any atom is 0.317 e. The molecule has 0 bridgehead atoms. The highest BCUT2D eigenvalue weighted by Crippen LogP contribution is 2.18. The third-order valence-corrected chi connectivity index (χ3v) is 6.93. The molecule has 6 nitrogen and oxygen atoms in total. The number of piperazine rings is 1. The standard InChI is InChI=1S/C21H26FN3O3S/c1-17(10-11-18-6-3-2-4-7-18)23-21(26)24-12-14-25(15-13-24)29(27,28)20-9-5-8-19(22)16-20/h2-9,16-17H,10-15H2,1H3,(H,23,26). The molecular formula is C21H26FN3O3S. The minimum Gasteiger partial charge on any atom is -0.336 e. The van der Waals surface area contributed by atoms with E-state index in [1.807, 2.05) is 25.1 Å². The summed E-state index contributed by atoms with van der Waals surface area (Å²) in [4.78, 5) is 14.0. The van der Waals surface area contributed by atoms with E-state index >= 15 is 0 Å². The lowest BCUT2D eigenvalue weighted by Gasteiger charge is -2.34. The normalized spacial score (nSPS) is 16.4. The van der Waals surface area contributed by atoms with Crippen molar-refractivity contribution in [3.05, 3.63) is 66.0 Å². The van der Waals surface area contributed by atoms with Crippen LogP contribution in [0.5, 0.6) is 0 Å². The molecule has 1 unspecified atom stereocenters. The summed E-state index contributed by atoms with van der Waals surface area (Å²) in [6.45, 7) is 2.93. The Hall–Kier alpha value is -2.45. The van der Waals surface area contributed by atoms with Gasteiger partial charge in [0.2, 0.25) is 10.0 Å². The minimum absolute atomic E-state index is 0.0109. The third kappa shape index (κ3) is 5.55. The van der Waals surface area contributed by atoms with Gasteiger partial charge in [-0.2, -0.15) is 4.31 Å². The van der Waals surface area contributed by atoms with Crippen molar-refractivity contribution in [1.29, 1.82) is 0 Å². The summed E-state index contributed by atoms with van der Waals surface area (Å²) in [5.74, 6) is -0.589. The molecule has 2 aromatic rings. The Labute approximate surface area is 171 Å². The molecule has 156 valence electrons. The molecule has 2 amide bonds. The molecule has 2 aromatic carbocycles. The first kappa shape index (κ1) is 21.3. The van der Waals surface area contributed by atoms with Crippen LogP contribution in [0.4, 0.5) is 9.18 Å². The molecular weight excluding hydrogens is 393 g/mol. The Morgan fingerprint density at radius 2 is 1.76 bits per heavy atom. The first-order valence-electron chi connectivity index (χ1n) is 9.71. The van der Waals surface area contributed by atoms with Gasteiger partial charge in [-0.1, -0.05) is 36.4 Å². The molecule has 1 fully saturated rings. The zero-order chi connectivity index (χ0) is 20.9. The van der Waals surface area contributed by atoms with Gasteiger partial charge in [0.05, 0.1) is 4.90 Å². The van der Waals surface area contributed by atoms with Gasteiger partial charge in [0.15, 0.2) is 0 Å². The van der Waals surface area contributed by atoms with Gasteiger partial charge in [-0.3, -0.25) is 0 Å². The highest BCUT2D eigenvalue weighted by Gasteiger charge is 2.30. The van der Waals surface area contributed by atoms with Crippen molar-refractivity contribution < 1.29 is 17.6 Å². The maximum absolute atomic E-state index is 13.4. The molecule has 0 saturated carbocycles. The van der Waals surface area contributed by atoms with Crippen LogP contribution in [0, 0.1) is 5.82 Å². The summed E-state index contributed by atoms with van der Waals surface area (Å²) in [7, 11) is -3.76. The predicted octanol–water partition coefficient (Wildman–Crippen LogP) is 2.86. The van der Waals surface area contributed by atoms with Gasteiger partial charge in [-0.05, 0) is 43.5 Å². The van der Waals surface area contributed by atoms with Crippen LogP contribution in [-0.2, 0) is 16.4 Å². The van der Waals surface area contributed by atoms with Gasteiger partial charge in [0.1, 0.15) is 5.82 Å². The fourth-order valence-electron chi connectivity index (χ4n) is 3.31. The Kier molecular flexibility index (Phi) is 6.87. The van der Waals surface area contributed by atoms with Crippen molar-refractivity contribution in [2.24, 2.45) is 0 Å². The van der Waals surface area contributed by atoms with Crippen LogP contribution in [0.25, 0.3) is 0 Å². The number of hydrogen-bond acceptors (Lipinski definition) is 3. The number of rotatable bonds is 6. The van der Waals surface area contributed by atoms with E-state index in [4.69, 9.17) is 0 Å². The Morgan fingerprint density at radius 1 is 1.07 bits per heavy atom. The van der Waals surface area contributed by atoms with E-state index in [1.54, 1.807) is 4.90 Å². The zero-order valence-corrected chi connectivity index (χ0v) is 17.2. The second kappa shape index (κ2) is 9.37. The van der Waals surface area contributed by atoms with Crippen LogP contribution in [0.15, 0.2) is 59.5 Å². The molecule has 8 heteroatoms. The first-order chi connectivity index (χ1) is 13.9. The van der Waals surface area contributed by atoms with Gasteiger partial charge >= 0.3 is 6.03 Å². The molecule has 1 aliphatic rings. The van der Waals surface area contributed by atoms with Crippen molar-refractivity contribution in [1.82, 2.24) is 14.5 Å². The van der Waals surface area contributed by atoms with Gasteiger partial charge in [0.25, 0.3) is 0 Å². The molecule has 0 radical (unpaired) electrons. The number of urea groups is 1. The lowest BCUT2D eigenvalue weighted by molar-refractivity contribution is 0.169. The highest BCUT2D eigenvalue weighted by molar-refractivity contribution is 7.89. The highest BCUT2D eigenvalue weighted by atomic mass is 32.2. The lowest BCUT2D eigenvalue weighted by atomic mass is 10.1. The van der Waals surface area contributed by atoms with E-state index in [0.717, 1.165) is 18.9 Å². The monoisotopic (exact) mass is 419 g/mol. The summed E-state index contributed by atoms with van der Waals surface area (Å²) < 4.78 is 40.0. The molecule has 1 N–H and O–H groups in total. The molecule has 1 atom stereocenters. The topological polar surface area (TPSA) is 69.7 Å². The summed E-state index contributed by atoms with van der Waals surface area (Å²) in [5, 5.41) is 2.98. The molecule has 0 spiro atoms. The largest absolute Gasteiger partial charge is 0.336 e. The fourth-order valence-corrected chi connectivity index (χ4v) is 4.76. The number of benzene rings is 2. The van der Waals surface area contributed by atoms with Gasteiger partial charge in [-0.15, -0.1) is 0 Å². The van der Waals surface area contributed by atoms with Gasteiger partial charge < -0.3 is 10.2 Å².